The molecule has 276 valence electrons. The molecule has 1 aliphatic carbocycles. The molecular weight excluding hydrogens is 725 g/mol. The molecule has 0 spiro atoms. The van der Waals surface area contributed by atoms with Crippen LogP contribution in [-0.2, 0) is 5.41 Å². The zero-order valence-electron chi connectivity index (χ0n) is 31.6. The van der Waals surface area contributed by atoms with Crippen LogP contribution in [0.5, 0.6) is 0 Å². The predicted octanol–water partition coefficient (Wildman–Crippen LogP) is 12.9. The zero-order chi connectivity index (χ0) is 38.9. The van der Waals surface area contributed by atoms with E-state index in [-0.39, 0.29) is 0 Å². The molecule has 1 aliphatic rings. The molecule has 0 fully saturated rings. The SMILES string of the molecule is c1ccc(-c2nc(-c3ccc(C4(c5ccc6nc(-c7ccccc7)oc6c5)c5ccccc5-c5ccccc54)cc3)nc(-c3cccc4c3oc3ccccc34)n2)cc1. The molecular formula is C53H32N4O2. The van der Waals surface area contributed by atoms with E-state index in [2.05, 4.69) is 103 Å². The molecule has 11 aromatic rings. The second-order valence-electron chi connectivity index (χ2n) is 14.9. The molecule has 0 saturated carbocycles. The molecule has 0 bridgehead atoms. The summed E-state index contributed by atoms with van der Waals surface area (Å²) in [6.07, 6.45) is 0. The third-order valence-electron chi connectivity index (χ3n) is 11.7. The summed E-state index contributed by atoms with van der Waals surface area (Å²) in [5.41, 5.74) is 13.1. The van der Waals surface area contributed by atoms with Crippen LogP contribution in [0.3, 0.4) is 0 Å². The fraction of sp³-hybridized carbons (Fsp3) is 0.0189. The van der Waals surface area contributed by atoms with Crippen LogP contribution in [0.25, 0.3) is 89.8 Å². The van der Waals surface area contributed by atoms with Crippen LogP contribution in [0.4, 0.5) is 0 Å². The number of hydrogen-bond acceptors (Lipinski definition) is 6. The summed E-state index contributed by atoms with van der Waals surface area (Å²) in [5.74, 6) is 2.32. The second kappa shape index (κ2) is 13.0. The topological polar surface area (TPSA) is 77.8 Å². The van der Waals surface area contributed by atoms with E-state index in [0.29, 0.717) is 23.4 Å². The molecule has 0 unspecified atom stereocenters. The Kier molecular flexibility index (Phi) is 7.34. The average Bonchev–Trinajstić information content (AvgIpc) is 4.00. The van der Waals surface area contributed by atoms with Crippen molar-refractivity contribution in [3.63, 3.8) is 0 Å². The van der Waals surface area contributed by atoms with Gasteiger partial charge in [0.15, 0.2) is 23.1 Å². The van der Waals surface area contributed by atoms with E-state index in [9.17, 15) is 0 Å². The normalized spacial score (nSPS) is 12.9. The van der Waals surface area contributed by atoms with Gasteiger partial charge in [0.1, 0.15) is 16.7 Å². The molecule has 0 N–H and O–H groups in total. The number of para-hydroxylation sites is 2. The summed E-state index contributed by atoms with van der Waals surface area (Å²) < 4.78 is 12.9. The Morgan fingerprint density at radius 2 is 0.915 bits per heavy atom. The van der Waals surface area contributed by atoms with Crippen molar-refractivity contribution in [2.45, 2.75) is 5.41 Å². The van der Waals surface area contributed by atoms with Gasteiger partial charge in [-0.05, 0) is 69.8 Å². The molecule has 6 nitrogen and oxygen atoms in total. The first-order chi connectivity index (χ1) is 29.2. The standard InChI is InChI=1S/C53H32N4O2/c1-3-14-33(15-4-1)49-55-50(57-51(56-49)42-22-13-21-41-40-20-9-12-25-46(40)58-48(41)42)34-26-28-36(29-27-34)53(43-23-10-7-18-38(43)39-19-8-11-24-44(39)53)37-30-31-45-47(32-37)59-52(54-45)35-16-5-2-6-17-35/h1-32H. The molecule has 8 aromatic carbocycles. The highest BCUT2D eigenvalue weighted by Gasteiger charge is 2.46. The van der Waals surface area contributed by atoms with E-state index in [1.165, 1.54) is 22.3 Å². The van der Waals surface area contributed by atoms with Gasteiger partial charge in [0.2, 0.25) is 5.89 Å². The fourth-order valence-corrected chi connectivity index (χ4v) is 9.02. The lowest BCUT2D eigenvalue weighted by Crippen LogP contribution is -2.28. The number of nitrogens with zero attached hydrogens (tertiary/aromatic N) is 4. The summed E-state index contributed by atoms with van der Waals surface area (Å²) in [5, 5.41) is 2.08. The van der Waals surface area contributed by atoms with Crippen molar-refractivity contribution in [3.8, 4) is 56.7 Å². The Labute approximate surface area is 339 Å². The highest BCUT2D eigenvalue weighted by atomic mass is 16.3. The Bertz CT molecular complexity index is 3340. The molecule has 3 aromatic heterocycles. The Morgan fingerprint density at radius 1 is 0.356 bits per heavy atom. The largest absolute Gasteiger partial charge is 0.455 e. The van der Waals surface area contributed by atoms with Crippen LogP contribution >= 0.6 is 0 Å². The van der Waals surface area contributed by atoms with Gasteiger partial charge < -0.3 is 8.83 Å². The first-order valence-electron chi connectivity index (χ1n) is 19.7. The van der Waals surface area contributed by atoms with Crippen molar-refractivity contribution in [2.75, 3.05) is 0 Å². The fourth-order valence-electron chi connectivity index (χ4n) is 9.02. The Morgan fingerprint density at radius 3 is 1.64 bits per heavy atom. The number of oxazole rings is 1. The summed E-state index contributed by atoms with van der Waals surface area (Å²) in [6, 6.07) is 67.0. The van der Waals surface area contributed by atoms with Gasteiger partial charge in [-0.25, -0.2) is 19.9 Å². The molecule has 0 radical (unpaired) electrons. The highest BCUT2D eigenvalue weighted by Crippen LogP contribution is 2.56. The quantitative estimate of drug-likeness (QED) is 0.168. The first-order valence-corrected chi connectivity index (χ1v) is 19.7. The van der Waals surface area contributed by atoms with Crippen molar-refractivity contribution in [2.24, 2.45) is 0 Å². The molecule has 3 heterocycles. The lowest BCUT2D eigenvalue weighted by atomic mass is 9.67. The van der Waals surface area contributed by atoms with Gasteiger partial charge in [0, 0.05) is 27.5 Å². The highest BCUT2D eigenvalue weighted by molar-refractivity contribution is 6.09. The van der Waals surface area contributed by atoms with Crippen molar-refractivity contribution in [3.05, 3.63) is 216 Å². The van der Waals surface area contributed by atoms with Crippen LogP contribution in [0.1, 0.15) is 22.3 Å². The number of aromatic nitrogens is 4. The van der Waals surface area contributed by atoms with Crippen molar-refractivity contribution in [1.82, 2.24) is 19.9 Å². The van der Waals surface area contributed by atoms with E-state index in [0.717, 1.165) is 66.4 Å². The number of furan rings is 1. The number of benzene rings is 8. The smallest absolute Gasteiger partial charge is 0.227 e. The maximum absolute atomic E-state index is 6.49. The average molecular weight is 757 g/mol. The van der Waals surface area contributed by atoms with Gasteiger partial charge in [-0.15, -0.1) is 0 Å². The lowest BCUT2D eigenvalue weighted by molar-refractivity contribution is 0.618. The monoisotopic (exact) mass is 756 g/mol. The van der Waals surface area contributed by atoms with Gasteiger partial charge in [-0.3, -0.25) is 0 Å². The van der Waals surface area contributed by atoms with Crippen LogP contribution in [-0.4, -0.2) is 19.9 Å². The third kappa shape index (κ3) is 5.13. The summed E-state index contributed by atoms with van der Waals surface area (Å²) in [7, 11) is 0. The third-order valence-corrected chi connectivity index (χ3v) is 11.7. The molecule has 0 saturated heterocycles. The van der Waals surface area contributed by atoms with Gasteiger partial charge in [0.25, 0.3) is 0 Å². The van der Waals surface area contributed by atoms with E-state index < -0.39 is 5.41 Å². The van der Waals surface area contributed by atoms with Crippen LogP contribution in [0.15, 0.2) is 203 Å². The van der Waals surface area contributed by atoms with E-state index in [1.807, 2.05) is 91.0 Å². The van der Waals surface area contributed by atoms with Crippen LogP contribution in [0.2, 0.25) is 0 Å². The molecule has 0 atom stereocenters. The number of fused-ring (bicyclic) bond motifs is 7. The minimum absolute atomic E-state index is 0.549. The van der Waals surface area contributed by atoms with Crippen molar-refractivity contribution < 1.29 is 8.83 Å². The molecule has 12 rings (SSSR count). The van der Waals surface area contributed by atoms with Gasteiger partial charge >= 0.3 is 0 Å². The number of hydrogen-bond donors (Lipinski definition) is 0. The summed E-state index contributed by atoms with van der Waals surface area (Å²) in [4.78, 5) is 20.2. The minimum Gasteiger partial charge on any atom is -0.455 e. The van der Waals surface area contributed by atoms with Gasteiger partial charge in [0.05, 0.1) is 11.0 Å². The molecule has 0 aliphatic heterocycles. The maximum Gasteiger partial charge on any atom is 0.227 e. The van der Waals surface area contributed by atoms with Gasteiger partial charge in [-0.2, -0.15) is 0 Å². The van der Waals surface area contributed by atoms with Gasteiger partial charge in [-0.1, -0.05) is 158 Å². The Hall–Kier alpha value is -7.96. The molecule has 59 heavy (non-hydrogen) atoms. The number of rotatable bonds is 6. The van der Waals surface area contributed by atoms with E-state index >= 15 is 0 Å². The summed E-state index contributed by atoms with van der Waals surface area (Å²) in [6.45, 7) is 0. The Balaban J connectivity index is 1.04. The van der Waals surface area contributed by atoms with Crippen molar-refractivity contribution in [1.29, 1.82) is 0 Å². The first kappa shape index (κ1) is 33.2. The van der Waals surface area contributed by atoms with Crippen molar-refractivity contribution >= 4 is 33.0 Å². The van der Waals surface area contributed by atoms with E-state index in [4.69, 9.17) is 28.8 Å². The van der Waals surface area contributed by atoms with Crippen LogP contribution < -0.4 is 0 Å². The molecule has 0 amide bonds. The maximum atomic E-state index is 6.49. The van der Waals surface area contributed by atoms with Crippen LogP contribution in [0, 0.1) is 0 Å². The second-order valence-corrected chi connectivity index (χ2v) is 14.9. The molecule has 6 heteroatoms. The predicted molar refractivity (Wildman–Crippen MR) is 234 cm³/mol. The summed E-state index contributed by atoms with van der Waals surface area (Å²) >= 11 is 0. The zero-order valence-corrected chi connectivity index (χ0v) is 31.6. The minimum atomic E-state index is -0.643. The lowest BCUT2D eigenvalue weighted by Gasteiger charge is -2.33. The van der Waals surface area contributed by atoms with E-state index in [1.54, 1.807) is 0 Å².